The third-order valence-electron chi connectivity index (χ3n) is 5.62. The average Bonchev–Trinajstić information content (AvgIpc) is 3.14. The SMILES string of the molecule is CCCC(=O)N1CCN(c2nc3c(c(=O)[nH]c(=O)n3C)n2Cc2ccc(Br)cc2)CC1. The number of halogens is 1. The number of fused-ring (bicyclic) bond motifs is 1. The van der Waals surface area contributed by atoms with Crippen molar-refractivity contribution in [2.75, 3.05) is 31.1 Å². The van der Waals surface area contributed by atoms with Gasteiger partial charge >= 0.3 is 5.69 Å². The lowest BCUT2D eigenvalue weighted by Crippen LogP contribution is -2.49. The molecule has 0 spiro atoms. The zero-order chi connectivity index (χ0) is 22.1. The number of aryl methyl sites for hydroxylation is 1. The van der Waals surface area contributed by atoms with Crippen LogP contribution in [-0.2, 0) is 18.4 Å². The van der Waals surface area contributed by atoms with Crippen molar-refractivity contribution in [1.82, 2.24) is 24.0 Å². The van der Waals surface area contributed by atoms with Crippen molar-refractivity contribution < 1.29 is 4.79 Å². The summed E-state index contributed by atoms with van der Waals surface area (Å²) in [5.74, 6) is 0.802. The molecule has 164 valence electrons. The number of carbonyl (C=O) groups is 1. The lowest BCUT2D eigenvalue weighted by Gasteiger charge is -2.35. The highest BCUT2D eigenvalue weighted by Crippen LogP contribution is 2.23. The minimum absolute atomic E-state index is 0.171. The number of benzene rings is 1. The number of hydrogen-bond donors (Lipinski definition) is 1. The van der Waals surface area contributed by atoms with Crippen LogP contribution >= 0.6 is 15.9 Å². The smallest absolute Gasteiger partial charge is 0.329 e. The number of nitrogens with zero attached hydrogens (tertiary/aromatic N) is 5. The monoisotopic (exact) mass is 488 g/mol. The summed E-state index contributed by atoms with van der Waals surface area (Å²) in [6.07, 6.45) is 1.39. The van der Waals surface area contributed by atoms with Gasteiger partial charge in [-0.3, -0.25) is 23.7 Å². The first kappa shape index (κ1) is 21.4. The Kier molecular flexibility index (Phi) is 5.99. The minimum atomic E-state index is -0.493. The molecule has 1 aliphatic rings. The molecule has 3 heterocycles. The van der Waals surface area contributed by atoms with Crippen LogP contribution in [0.1, 0.15) is 25.3 Å². The Morgan fingerprint density at radius 1 is 1.13 bits per heavy atom. The maximum atomic E-state index is 12.7. The van der Waals surface area contributed by atoms with Crippen molar-refractivity contribution in [3.05, 3.63) is 55.1 Å². The number of nitrogens with one attached hydrogen (secondary N) is 1. The van der Waals surface area contributed by atoms with Crippen LogP contribution in [0.2, 0.25) is 0 Å². The van der Waals surface area contributed by atoms with Crippen LogP contribution in [0.25, 0.3) is 11.2 Å². The zero-order valence-electron chi connectivity index (χ0n) is 17.6. The average molecular weight is 489 g/mol. The van der Waals surface area contributed by atoms with E-state index >= 15 is 0 Å². The van der Waals surface area contributed by atoms with Gasteiger partial charge in [-0.15, -0.1) is 0 Å². The predicted molar refractivity (Wildman–Crippen MR) is 123 cm³/mol. The number of H-pyrrole nitrogens is 1. The number of carbonyl (C=O) groups excluding carboxylic acids is 1. The molecule has 1 N–H and O–H groups in total. The molecule has 3 aromatic rings. The molecule has 0 unspecified atom stereocenters. The van der Waals surface area contributed by atoms with Crippen LogP contribution < -0.4 is 16.1 Å². The third kappa shape index (κ3) is 4.16. The number of anilines is 1. The molecule has 10 heteroatoms. The first-order chi connectivity index (χ1) is 14.9. The maximum Gasteiger partial charge on any atom is 0.329 e. The Balaban J connectivity index is 1.74. The Labute approximate surface area is 187 Å². The fourth-order valence-electron chi connectivity index (χ4n) is 3.91. The second-order valence-electron chi connectivity index (χ2n) is 7.73. The summed E-state index contributed by atoms with van der Waals surface area (Å²) in [7, 11) is 1.60. The molecule has 0 bridgehead atoms. The summed E-state index contributed by atoms with van der Waals surface area (Å²) >= 11 is 3.44. The van der Waals surface area contributed by atoms with Gasteiger partial charge in [0.1, 0.15) is 0 Å². The Bertz CT molecular complexity index is 1220. The van der Waals surface area contributed by atoms with Crippen LogP contribution in [-0.4, -0.2) is 56.1 Å². The maximum absolute atomic E-state index is 12.7. The second-order valence-corrected chi connectivity index (χ2v) is 8.65. The number of piperazine rings is 1. The third-order valence-corrected chi connectivity index (χ3v) is 6.15. The highest BCUT2D eigenvalue weighted by atomic mass is 79.9. The van der Waals surface area contributed by atoms with Gasteiger partial charge in [-0.1, -0.05) is 35.0 Å². The number of amides is 1. The number of rotatable bonds is 5. The summed E-state index contributed by atoms with van der Waals surface area (Å²) in [6, 6.07) is 7.87. The van der Waals surface area contributed by atoms with E-state index in [0.29, 0.717) is 56.3 Å². The van der Waals surface area contributed by atoms with E-state index in [9.17, 15) is 14.4 Å². The molecule has 1 aliphatic heterocycles. The Hall–Kier alpha value is -2.88. The molecule has 4 rings (SSSR count). The van der Waals surface area contributed by atoms with Crippen molar-refractivity contribution in [2.45, 2.75) is 26.3 Å². The van der Waals surface area contributed by atoms with Crippen molar-refractivity contribution in [1.29, 1.82) is 0 Å². The normalized spacial score (nSPS) is 14.4. The van der Waals surface area contributed by atoms with Gasteiger partial charge in [0, 0.05) is 44.1 Å². The molecule has 0 aliphatic carbocycles. The molecule has 2 aromatic heterocycles. The van der Waals surface area contributed by atoms with E-state index < -0.39 is 11.2 Å². The first-order valence-electron chi connectivity index (χ1n) is 10.4. The van der Waals surface area contributed by atoms with E-state index in [1.807, 2.05) is 40.7 Å². The molecule has 1 saturated heterocycles. The van der Waals surface area contributed by atoms with E-state index in [-0.39, 0.29) is 5.91 Å². The standard InChI is InChI=1S/C21H25BrN6O3/c1-3-4-16(29)26-9-11-27(12-10-26)20-23-18-17(19(30)24-21(31)25(18)2)28(20)13-14-5-7-15(22)8-6-14/h5-8H,3-4,9-13H2,1-2H3,(H,24,30,31). The largest absolute Gasteiger partial charge is 0.339 e. The van der Waals surface area contributed by atoms with Gasteiger partial charge in [-0.2, -0.15) is 4.98 Å². The molecular weight excluding hydrogens is 464 g/mol. The molecule has 0 atom stereocenters. The van der Waals surface area contributed by atoms with Crippen molar-refractivity contribution in [2.24, 2.45) is 7.05 Å². The van der Waals surface area contributed by atoms with Gasteiger partial charge < -0.3 is 9.80 Å². The number of imidazole rings is 1. The number of aromatic amines is 1. The number of hydrogen-bond acceptors (Lipinski definition) is 5. The zero-order valence-corrected chi connectivity index (χ0v) is 19.2. The van der Waals surface area contributed by atoms with E-state index in [2.05, 4.69) is 25.8 Å². The molecule has 0 saturated carbocycles. The van der Waals surface area contributed by atoms with Crippen molar-refractivity contribution >= 4 is 38.9 Å². The van der Waals surface area contributed by atoms with Gasteiger partial charge in [0.2, 0.25) is 11.9 Å². The molecule has 1 aromatic carbocycles. The van der Waals surface area contributed by atoms with E-state index in [0.717, 1.165) is 16.5 Å². The summed E-state index contributed by atoms with van der Waals surface area (Å²) in [6.45, 7) is 4.89. The van der Waals surface area contributed by atoms with E-state index in [1.54, 1.807) is 7.05 Å². The number of aromatic nitrogens is 4. The van der Waals surface area contributed by atoms with Crippen molar-refractivity contribution in [3.8, 4) is 0 Å². The topological polar surface area (TPSA) is 96.2 Å². The van der Waals surface area contributed by atoms with Gasteiger partial charge in [-0.25, -0.2) is 4.79 Å². The van der Waals surface area contributed by atoms with Crippen LogP contribution in [0.3, 0.4) is 0 Å². The minimum Gasteiger partial charge on any atom is -0.339 e. The second kappa shape index (κ2) is 8.70. The van der Waals surface area contributed by atoms with Crippen LogP contribution in [0.4, 0.5) is 5.95 Å². The molecule has 1 fully saturated rings. The van der Waals surface area contributed by atoms with Gasteiger partial charge in [0.15, 0.2) is 11.2 Å². The fourth-order valence-corrected chi connectivity index (χ4v) is 4.18. The summed E-state index contributed by atoms with van der Waals surface area (Å²) < 4.78 is 4.19. The van der Waals surface area contributed by atoms with Crippen LogP contribution in [0.15, 0.2) is 38.3 Å². The lowest BCUT2D eigenvalue weighted by molar-refractivity contribution is -0.131. The summed E-state index contributed by atoms with van der Waals surface area (Å²) in [4.78, 5) is 48.1. The molecule has 1 amide bonds. The van der Waals surface area contributed by atoms with Crippen LogP contribution in [0, 0.1) is 0 Å². The quantitative estimate of drug-likeness (QED) is 0.589. The highest BCUT2D eigenvalue weighted by molar-refractivity contribution is 9.10. The fraction of sp³-hybridized carbons (Fsp3) is 0.429. The first-order valence-corrected chi connectivity index (χ1v) is 11.1. The summed E-state index contributed by atoms with van der Waals surface area (Å²) in [5.41, 5.74) is 0.779. The van der Waals surface area contributed by atoms with Crippen molar-refractivity contribution in [3.63, 3.8) is 0 Å². The van der Waals surface area contributed by atoms with Gasteiger partial charge in [0.05, 0.1) is 6.54 Å². The van der Waals surface area contributed by atoms with Gasteiger partial charge in [0.25, 0.3) is 5.56 Å². The molecule has 0 radical (unpaired) electrons. The highest BCUT2D eigenvalue weighted by Gasteiger charge is 2.26. The molecule has 31 heavy (non-hydrogen) atoms. The summed E-state index contributed by atoms with van der Waals surface area (Å²) in [5, 5.41) is 0. The van der Waals surface area contributed by atoms with E-state index in [1.165, 1.54) is 4.57 Å². The molecular formula is C21H25BrN6O3. The van der Waals surface area contributed by atoms with Gasteiger partial charge in [-0.05, 0) is 24.1 Å². The van der Waals surface area contributed by atoms with E-state index in [4.69, 9.17) is 4.98 Å². The molecule has 9 nitrogen and oxygen atoms in total. The lowest BCUT2D eigenvalue weighted by atomic mass is 10.2. The van der Waals surface area contributed by atoms with Crippen LogP contribution in [0.5, 0.6) is 0 Å². The Morgan fingerprint density at radius 2 is 1.81 bits per heavy atom. The predicted octanol–water partition coefficient (Wildman–Crippen LogP) is 1.68. The Morgan fingerprint density at radius 3 is 2.45 bits per heavy atom.